The summed E-state index contributed by atoms with van der Waals surface area (Å²) in [4.78, 5) is 3.53. The number of aryl methyl sites for hydroxylation is 1. The number of aromatic nitrogens is 3. The van der Waals surface area contributed by atoms with E-state index in [9.17, 15) is 26.3 Å². The molecule has 3 nitrogen and oxygen atoms in total. The highest BCUT2D eigenvalue weighted by atomic mass is 35.5. The molecule has 4 aromatic rings. The summed E-state index contributed by atoms with van der Waals surface area (Å²) in [6, 6.07) is 12.2. The fourth-order valence-electron chi connectivity index (χ4n) is 3.16. The number of alkyl halides is 6. The first-order chi connectivity index (χ1) is 14.4. The van der Waals surface area contributed by atoms with Gasteiger partial charge in [-0.3, -0.25) is 0 Å². The highest BCUT2D eigenvalue weighted by Crippen LogP contribution is 2.42. The van der Waals surface area contributed by atoms with Crippen LogP contribution in [-0.4, -0.2) is 14.8 Å². The molecular formula is C21H12ClF6N3. The molecule has 0 spiro atoms. The molecule has 10 heteroatoms. The Morgan fingerprint density at radius 3 is 2.00 bits per heavy atom. The largest absolute Gasteiger partial charge is 0.433 e. The van der Waals surface area contributed by atoms with E-state index in [2.05, 4.69) is 10.1 Å². The van der Waals surface area contributed by atoms with Crippen molar-refractivity contribution in [2.75, 3.05) is 0 Å². The van der Waals surface area contributed by atoms with Gasteiger partial charge in [0, 0.05) is 10.6 Å². The Hall–Kier alpha value is -3.07. The summed E-state index contributed by atoms with van der Waals surface area (Å²) >= 11 is 5.87. The lowest BCUT2D eigenvalue weighted by atomic mass is 10.0. The predicted molar refractivity (Wildman–Crippen MR) is 104 cm³/mol. The molecule has 0 amide bonds. The topological polar surface area (TPSA) is 30.7 Å². The molecule has 2 aromatic heterocycles. The van der Waals surface area contributed by atoms with Gasteiger partial charge in [-0.25, -0.2) is 9.67 Å². The zero-order chi connectivity index (χ0) is 22.6. The number of benzene rings is 2. The minimum atomic E-state index is -5.07. The van der Waals surface area contributed by atoms with Crippen molar-refractivity contribution in [1.29, 1.82) is 0 Å². The fraction of sp³-hybridized carbons (Fsp3) is 0.143. The SMILES string of the molecule is Cc1ccc(-n2nc(-c3ccc(Cl)cc3)c3c(C(F)(F)F)cc(C(F)(F)F)nc32)cc1. The average molecular weight is 456 g/mol. The number of hydrogen-bond donors (Lipinski definition) is 0. The van der Waals surface area contributed by atoms with E-state index in [1.807, 2.05) is 0 Å². The van der Waals surface area contributed by atoms with Crippen LogP contribution in [0.4, 0.5) is 26.3 Å². The normalized spacial score (nSPS) is 12.5. The predicted octanol–water partition coefficient (Wildman–Crippen LogP) is 7.09. The summed E-state index contributed by atoms with van der Waals surface area (Å²) in [5.74, 6) is 0. The Kier molecular flexibility index (Phi) is 4.96. The van der Waals surface area contributed by atoms with Gasteiger partial charge in [-0.2, -0.15) is 31.4 Å². The Balaban J connectivity index is 2.14. The highest BCUT2D eigenvalue weighted by molar-refractivity contribution is 6.30. The molecule has 2 heterocycles. The molecular weight excluding hydrogens is 444 g/mol. The maximum Gasteiger partial charge on any atom is 0.433 e. The van der Waals surface area contributed by atoms with Crippen LogP contribution >= 0.6 is 11.6 Å². The van der Waals surface area contributed by atoms with Crippen LogP contribution in [0.1, 0.15) is 16.8 Å². The standard InChI is InChI=1S/C21H12ClF6N3/c1-11-2-8-14(9-3-11)31-19-17(18(30-31)12-4-6-13(22)7-5-12)15(20(23,24)25)10-16(29-19)21(26,27)28/h2-10H,1H3. The molecule has 2 aromatic carbocycles. The van der Waals surface area contributed by atoms with E-state index in [1.54, 1.807) is 31.2 Å². The van der Waals surface area contributed by atoms with Gasteiger partial charge in [-0.1, -0.05) is 41.4 Å². The van der Waals surface area contributed by atoms with Gasteiger partial charge in [0.1, 0.15) is 11.4 Å². The highest BCUT2D eigenvalue weighted by Gasteiger charge is 2.41. The van der Waals surface area contributed by atoms with E-state index < -0.39 is 34.6 Å². The summed E-state index contributed by atoms with van der Waals surface area (Å²) < 4.78 is 82.7. The van der Waals surface area contributed by atoms with Crippen LogP contribution in [0.25, 0.3) is 28.0 Å². The maximum absolute atomic E-state index is 13.9. The van der Waals surface area contributed by atoms with Crippen LogP contribution in [0.2, 0.25) is 5.02 Å². The summed E-state index contributed by atoms with van der Waals surface area (Å²) in [5.41, 5.74) is -2.42. The fourth-order valence-corrected chi connectivity index (χ4v) is 3.29. The van der Waals surface area contributed by atoms with Crippen molar-refractivity contribution in [2.24, 2.45) is 0 Å². The van der Waals surface area contributed by atoms with Gasteiger partial charge in [0.05, 0.1) is 16.6 Å². The number of rotatable bonds is 2. The third-order valence-electron chi connectivity index (χ3n) is 4.63. The minimum Gasteiger partial charge on any atom is -0.223 e. The third kappa shape index (κ3) is 3.97. The first kappa shape index (κ1) is 21.2. The molecule has 0 aliphatic rings. The lowest BCUT2D eigenvalue weighted by Gasteiger charge is -2.13. The summed E-state index contributed by atoms with van der Waals surface area (Å²) in [6.45, 7) is 1.80. The summed E-state index contributed by atoms with van der Waals surface area (Å²) in [7, 11) is 0. The van der Waals surface area contributed by atoms with Crippen molar-refractivity contribution in [3.8, 4) is 16.9 Å². The van der Waals surface area contributed by atoms with Gasteiger partial charge >= 0.3 is 12.4 Å². The number of halogens is 7. The van der Waals surface area contributed by atoms with Crippen molar-refractivity contribution in [3.05, 3.63) is 76.4 Å². The van der Waals surface area contributed by atoms with Crippen LogP contribution in [0.3, 0.4) is 0 Å². The second-order valence-corrected chi connectivity index (χ2v) is 7.29. The van der Waals surface area contributed by atoms with E-state index in [1.165, 1.54) is 24.3 Å². The second kappa shape index (κ2) is 7.26. The maximum atomic E-state index is 13.9. The van der Waals surface area contributed by atoms with E-state index in [0.717, 1.165) is 10.2 Å². The molecule has 31 heavy (non-hydrogen) atoms. The molecule has 0 unspecified atom stereocenters. The van der Waals surface area contributed by atoms with Gasteiger partial charge in [0.15, 0.2) is 5.65 Å². The lowest BCUT2D eigenvalue weighted by Crippen LogP contribution is -2.14. The number of pyridine rings is 1. The van der Waals surface area contributed by atoms with Crippen molar-refractivity contribution in [1.82, 2.24) is 14.8 Å². The molecule has 0 aliphatic heterocycles. The van der Waals surface area contributed by atoms with Crippen LogP contribution in [0.5, 0.6) is 0 Å². The van der Waals surface area contributed by atoms with Crippen LogP contribution in [-0.2, 0) is 12.4 Å². The smallest absolute Gasteiger partial charge is 0.223 e. The second-order valence-electron chi connectivity index (χ2n) is 6.85. The monoisotopic (exact) mass is 455 g/mol. The van der Waals surface area contributed by atoms with E-state index in [-0.39, 0.29) is 23.0 Å². The number of nitrogens with zero attached hydrogens (tertiary/aromatic N) is 3. The first-order valence-corrected chi connectivity index (χ1v) is 9.24. The average Bonchev–Trinajstić information content (AvgIpc) is 3.06. The molecule has 0 fully saturated rings. The van der Waals surface area contributed by atoms with Crippen LogP contribution in [0.15, 0.2) is 54.6 Å². The van der Waals surface area contributed by atoms with E-state index in [4.69, 9.17) is 11.6 Å². The van der Waals surface area contributed by atoms with Crippen LogP contribution < -0.4 is 0 Å². The van der Waals surface area contributed by atoms with Crippen molar-refractivity contribution >= 4 is 22.6 Å². The summed E-state index contributed by atoms with van der Waals surface area (Å²) in [5, 5.41) is 4.05. The first-order valence-electron chi connectivity index (χ1n) is 8.86. The quantitative estimate of drug-likeness (QED) is 0.302. The third-order valence-corrected chi connectivity index (χ3v) is 4.88. The Bertz CT molecular complexity index is 1260. The molecule has 4 rings (SSSR count). The number of fused-ring (bicyclic) bond motifs is 1. The molecule has 0 atom stereocenters. The van der Waals surface area contributed by atoms with Crippen molar-refractivity contribution in [3.63, 3.8) is 0 Å². The molecule has 160 valence electrons. The zero-order valence-electron chi connectivity index (χ0n) is 15.7. The van der Waals surface area contributed by atoms with Gasteiger partial charge in [-0.15, -0.1) is 0 Å². The van der Waals surface area contributed by atoms with E-state index in [0.29, 0.717) is 5.02 Å². The Morgan fingerprint density at radius 1 is 0.839 bits per heavy atom. The van der Waals surface area contributed by atoms with Gasteiger partial charge in [-0.05, 0) is 37.3 Å². The minimum absolute atomic E-state index is 0.0168. The Labute approximate surface area is 176 Å². The van der Waals surface area contributed by atoms with Crippen molar-refractivity contribution in [2.45, 2.75) is 19.3 Å². The number of hydrogen-bond acceptors (Lipinski definition) is 2. The zero-order valence-corrected chi connectivity index (χ0v) is 16.4. The van der Waals surface area contributed by atoms with Gasteiger partial charge in [0.25, 0.3) is 0 Å². The van der Waals surface area contributed by atoms with E-state index >= 15 is 0 Å². The van der Waals surface area contributed by atoms with Gasteiger partial charge in [0.2, 0.25) is 0 Å². The molecule has 0 saturated carbocycles. The molecule has 0 N–H and O–H groups in total. The Morgan fingerprint density at radius 2 is 1.45 bits per heavy atom. The molecule has 0 bridgehead atoms. The molecule has 0 aliphatic carbocycles. The van der Waals surface area contributed by atoms with Crippen LogP contribution in [0, 0.1) is 6.92 Å². The summed E-state index contributed by atoms with van der Waals surface area (Å²) in [6.07, 6.45) is -10.1. The van der Waals surface area contributed by atoms with Gasteiger partial charge < -0.3 is 0 Å². The lowest BCUT2D eigenvalue weighted by molar-refractivity contribution is -0.144. The molecule has 0 saturated heterocycles. The molecule has 0 radical (unpaired) electrons. The van der Waals surface area contributed by atoms with Crippen molar-refractivity contribution < 1.29 is 26.3 Å².